The van der Waals surface area contributed by atoms with E-state index in [2.05, 4.69) is 74.5 Å². The second kappa shape index (κ2) is 4.62. The largest absolute Gasteiger partial charge is 0.0843 e. The summed E-state index contributed by atoms with van der Waals surface area (Å²) in [6.07, 6.45) is 0. The normalized spacial score (nSPS) is 14.8. The SMILES string of the molecule is CC1(C)c2ccccc2-c2cc3ccc4ccc(Cl)cc4c3cc21. The molecular weight excluding hydrogens is 312 g/mol. The molecule has 1 heteroatoms. The molecule has 0 amide bonds. The predicted octanol–water partition coefficient (Wildman–Crippen LogP) is 6.95. The minimum Gasteiger partial charge on any atom is -0.0843 e. The summed E-state index contributed by atoms with van der Waals surface area (Å²) in [7, 11) is 0. The molecule has 4 aromatic carbocycles. The minimum atomic E-state index is 0.0286. The fourth-order valence-electron chi connectivity index (χ4n) is 4.22. The number of halogens is 1. The van der Waals surface area contributed by atoms with Crippen LogP contribution in [0.1, 0.15) is 25.0 Å². The average molecular weight is 329 g/mol. The molecule has 5 rings (SSSR count). The van der Waals surface area contributed by atoms with Gasteiger partial charge in [-0.15, -0.1) is 0 Å². The monoisotopic (exact) mass is 328 g/mol. The van der Waals surface area contributed by atoms with Crippen LogP contribution in [-0.4, -0.2) is 0 Å². The molecule has 0 spiro atoms. The Morgan fingerprint density at radius 3 is 2.25 bits per heavy atom. The van der Waals surface area contributed by atoms with Gasteiger partial charge in [0.1, 0.15) is 0 Å². The number of fused-ring (bicyclic) bond motifs is 6. The van der Waals surface area contributed by atoms with Crippen molar-refractivity contribution in [2.24, 2.45) is 0 Å². The lowest BCUT2D eigenvalue weighted by Crippen LogP contribution is -2.14. The van der Waals surface area contributed by atoms with E-state index in [-0.39, 0.29) is 5.41 Å². The maximum absolute atomic E-state index is 6.27. The number of benzene rings is 4. The summed E-state index contributed by atoms with van der Waals surface area (Å²) in [6.45, 7) is 4.64. The average Bonchev–Trinajstić information content (AvgIpc) is 2.81. The van der Waals surface area contributed by atoms with Gasteiger partial charge in [-0.3, -0.25) is 0 Å². The van der Waals surface area contributed by atoms with Crippen LogP contribution in [0.5, 0.6) is 0 Å². The summed E-state index contributed by atoms with van der Waals surface area (Å²) in [5.74, 6) is 0. The lowest BCUT2D eigenvalue weighted by Gasteiger charge is -2.22. The molecule has 0 heterocycles. The van der Waals surface area contributed by atoms with Crippen LogP contribution in [0.15, 0.2) is 66.7 Å². The number of hydrogen-bond acceptors (Lipinski definition) is 0. The molecule has 1 aliphatic carbocycles. The first kappa shape index (κ1) is 14.1. The van der Waals surface area contributed by atoms with Crippen LogP contribution in [0.2, 0.25) is 5.02 Å². The van der Waals surface area contributed by atoms with Gasteiger partial charge in [-0.1, -0.05) is 67.9 Å². The molecule has 116 valence electrons. The second-order valence-corrected chi connectivity index (χ2v) is 7.66. The van der Waals surface area contributed by atoms with E-state index in [1.165, 1.54) is 43.8 Å². The Kier molecular flexibility index (Phi) is 2.71. The van der Waals surface area contributed by atoms with Crippen molar-refractivity contribution in [1.29, 1.82) is 0 Å². The lowest BCUT2D eigenvalue weighted by atomic mass is 9.81. The van der Waals surface area contributed by atoms with Gasteiger partial charge in [0, 0.05) is 10.4 Å². The summed E-state index contributed by atoms with van der Waals surface area (Å²) in [4.78, 5) is 0. The third-order valence-corrected chi connectivity index (χ3v) is 5.74. The van der Waals surface area contributed by atoms with Gasteiger partial charge in [0.25, 0.3) is 0 Å². The smallest absolute Gasteiger partial charge is 0.0412 e. The molecule has 0 unspecified atom stereocenters. The zero-order valence-corrected chi connectivity index (χ0v) is 14.5. The molecule has 24 heavy (non-hydrogen) atoms. The molecule has 0 bridgehead atoms. The van der Waals surface area contributed by atoms with Crippen LogP contribution in [0.3, 0.4) is 0 Å². The Morgan fingerprint density at radius 2 is 1.38 bits per heavy atom. The molecule has 0 fully saturated rings. The van der Waals surface area contributed by atoms with Crippen molar-refractivity contribution in [1.82, 2.24) is 0 Å². The van der Waals surface area contributed by atoms with Crippen LogP contribution in [0, 0.1) is 0 Å². The van der Waals surface area contributed by atoms with Gasteiger partial charge in [0.2, 0.25) is 0 Å². The molecule has 4 aromatic rings. The van der Waals surface area contributed by atoms with E-state index < -0.39 is 0 Å². The van der Waals surface area contributed by atoms with Crippen molar-refractivity contribution in [3.05, 3.63) is 82.9 Å². The summed E-state index contributed by atoms with van der Waals surface area (Å²) < 4.78 is 0. The lowest BCUT2D eigenvalue weighted by molar-refractivity contribution is 0.661. The molecule has 0 nitrogen and oxygen atoms in total. The molecule has 0 aliphatic heterocycles. The fraction of sp³-hybridized carbons (Fsp3) is 0.130. The van der Waals surface area contributed by atoms with Gasteiger partial charge in [-0.2, -0.15) is 0 Å². The Morgan fingerprint density at radius 1 is 0.667 bits per heavy atom. The van der Waals surface area contributed by atoms with E-state index in [1.807, 2.05) is 6.07 Å². The van der Waals surface area contributed by atoms with Crippen molar-refractivity contribution < 1.29 is 0 Å². The Balaban J connectivity index is 1.94. The quantitative estimate of drug-likeness (QED) is 0.306. The highest BCUT2D eigenvalue weighted by atomic mass is 35.5. The van der Waals surface area contributed by atoms with Crippen molar-refractivity contribution in [3.63, 3.8) is 0 Å². The molecule has 0 aromatic heterocycles. The highest BCUT2D eigenvalue weighted by molar-refractivity contribution is 6.31. The summed E-state index contributed by atoms with van der Waals surface area (Å²) in [5, 5.41) is 5.82. The Bertz CT molecular complexity index is 1140. The molecule has 0 N–H and O–H groups in total. The van der Waals surface area contributed by atoms with E-state index in [0.717, 1.165) is 5.02 Å². The minimum absolute atomic E-state index is 0.0286. The van der Waals surface area contributed by atoms with Gasteiger partial charge in [-0.05, 0) is 68.1 Å². The second-order valence-electron chi connectivity index (χ2n) is 7.22. The van der Waals surface area contributed by atoms with Crippen LogP contribution < -0.4 is 0 Å². The van der Waals surface area contributed by atoms with Gasteiger partial charge in [0.15, 0.2) is 0 Å². The van der Waals surface area contributed by atoms with Crippen molar-refractivity contribution in [2.75, 3.05) is 0 Å². The first-order valence-electron chi connectivity index (χ1n) is 8.32. The fourth-order valence-corrected chi connectivity index (χ4v) is 4.39. The molecule has 0 atom stereocenters. The Hall–Kier alpha value is -2.31. The third kappa shape index (κ3) is 1.75. The predicted molar refractivity (Wildman–Crippen MR) is 104 cm³/mol. The van der Waals surface area contributed by atoms with Crippen LogP contribution in [0.4, 0.5) is 0 Å². The number of rotatable bonds is 0. The van der Waals surface area contributed by atoms with E-state index in [9.17, 15) is 0 Å². The molecule has 0 radical (unpaired) electrons. The summed E-state index contributed by atoms with van der Waals surface area (Å²) >= 11 is 6.27. The van der Waals surface area contributed by atoms with Gasteiger partial charge in [-0.25, -0.2) is 0 Å². The molecule has 0 saturated carbocycles. The van der Waals surface area contributed by atoms with Crippen LogP contribution >= 0.6 is 11.6 Å². The first-order valence-corrected chi connectivity index (χ1v) is 8.70. The molecular formula is C23H17Cl. The number of hydrogen-bond donors (Lipinski definition) is 0. The molecule has 0 saturated heterocycles. The zero-order valence-electron chi connectivity index (χ0n) is 13.7. The van der Waals surface area contributed by atoms with E-state index in [0.29, 0.717) is 0 Å². The van der Waals surface area contributed by atoms with Crippen LogP contribution in [-0.2, 0) is 5.41 Å². The van der Waals surface area contributed by atoms with Gasteiger partial charge in [0.05, 0.1) is 0 Å². The zero-order chi connectivity index (χ0) is 16.5. The Labute approximate surface area is 146 Å². The van der Waals surface area contributed by atoms with E-state index >= 15 is 0 Å². The van der Waals surface area contributed by atoms with E-state index in [4.69, 9.17) is 11.6 Å². The van der Waals surface area contributed by atoms with Gasteiger partial charge < -0.3 is 0 Å². The van der Waals surface area contributed by atoms with Crippen molar-refractivity contribution >= 4 is 33.1 Å². The van der Waals surface area contributed by atoms with Crippen molar-refractivity contribution in [2.45, 2.75) is 19.3 Å². The maximum atomic E-state index is 6.27. The van der Waals surface area contributed by atoms with Gasteiger partial charge >= 0.3 is 0 Å². The summed E-state index contributed by atoms with van der Waals surface area (Å²) in [5.41, 5.74) is 5.58. The van der Waals surface area contributed by atoms with Crippen LogP contribution in [0.25, 0.3) is 32.7 Å². The molecule has 1 aliphatic rings. The van der Waals surface area contributed by atoms with E-state index in [1.54, 1.807) is 0 Å². The topological polar surface area (TPSA) is 0 Å². The maximum Gasteiger partial charge on any atom is 0.0412 e. The first-order chi connectivity index (χ1) is 11.6. The summed E-state index contributed by atoms with van der Waals surface area (Å²) in [6, 6.07) is 24.1. The third-order valence-electron chi connectivity index (χ3n) is 5.50. The van der Waals surface area contributed by atoms with Crippen molar-refractivity contribution in [3.8, 4) is 11.1 Å². The standard InChI is InChI=1S/C23H17Cl/c1-23(2)21-6-4-3-5-17(21)20-11-15-8-7-14-9-10-16(24)12-18(14)19(15)13-22(20)23/h3-13H,1-2H3. The highest BCUT2D eigenvalue weighted by Crippen LogP contribution is 2.50. The highest BCUT2D eigenvalue weighted by Gasteiger charge is 2.35.